The molecule has 4 heteroatoms. The maximum atomic E-state index is 10.4. The minimum Gasteiger partial charge on any atom is -0.463 e. The molecule has 0 aliphatic rings. The monoisotopic (exact) mass is 176 g/mol. The molecule has 0 aliphatic heterocycles. The van der Waals surface area contributed by atoms with Crippen LogP contribution in [-0.4, -0.2) is 37.0 Å². The van der Waals surface area contributed by atoms with Crippen molar-refractivity contribution in [2.45, 2.75) is 26.4 Å². The van der Waals surface area contributed by atoms with Gasteiger partial charge >= 0.3 is 5.97 Å². The third-order valence-corrected chi connectivity index (χ3v) is 1.23. The summed E-state index contributed by atoms with van der Waals surface area (Å²) in [5.74, 6) is -0.353. The van der Waals surface area contributed by atoms with Crippen molar-refractivity contribution in [1.29, 1.82) is 0 Å². The van der Waals surface area contributed by atoms with Crippen molar-refractivity contribution in [3.8, 4) is 0 Å². The molecule has 0 aliphatic carbocycles. The van der Waals surface area contributed by atoms with Gasteiger partial charge in [-0.1, -0.05) is 6.92 Å². The zero-order chi connectivity index (χ0) is 9.40. The first-order chi connectivity index (χ1) is 5.70. The molecule has 4 nitrogen and oxygen atoms in total. The summed E-state index contributed by atoms with van der Waals surface area (Å²) in [5, 5.41) is 8.75. The molecule has 0 bridgehead atoms. The lowest BCUT2D eigenvalue weighted by Gasteiger charge is -2.13. The summed E-state index contributed by atoms with van der Waals surface area (Å²) in [6.07, 6.45) is 0.505. The largest absolute Gasteiger partial charge is 0.463 e. The Hall–Kier alpha value is -0.610. The van der Waals surface area contributed by atoms with Gasteiger partial charge in [-0.05, 0) is 6.42 Å². The normalized spacial score (nSPS) is 12.6. The van der Waals surface area contributed by atoms with E-state index in [0.717, 1.165) is 6.42 Å². The highest BCUT2D eigenvalue weighted by molar-refractivity contribution is 5.65. The molecule has 0 saturated carbocycles. The molecule has 0 spiro atoms. The summed E-state index contributed by atoms with van der Waals surface area (Å²) in [6, 6.07) is 0. The van der Waals surface area contributed by atoms with Gasteiger partial charge in [-0.15, -0.1) is 0 Å². The van der Waals surface area contributed by atoms with Crippen LogP contribution in [0, 0.1) is 0 Å². The predicted molar refractivity (Wildman–Crippen MR) is 43.7 cm³/mol. The molecular formula is C8H16O4. The predicted octanol–water partition coefficient (Wildman–Crippen LogP) is 0.337. The topological polar surface area (TPSA) is 55.8 Å². The summed E-state index contributed by atoms with van der Waals surface area (Å²) in [7, 11) is 0. The highest BCUT2D eigenvalue weighted by Crippen LogP contribution is 1.94. The Balaban J connectivity index is 3.45. The number of ether oxygens (including phenoxy) is 2. The zero-order valence-corrected chi connectivity index (χ0v) is 7.58. The second kappa shape index (κ2) is 7.06. The van der Waals surface area contributed by atoms with Gasteiger partial charge in [0.05, 0.1) is 6.61 Å². The van der Waals surface area contributed by atoms with E-state index in [-0.39, 0.29) is 25.3 Å². The molecule has 1 atom stereocenters. The van der Waals surface area contributed by atoms with Crippen LogP contribution < -0.4 is 0 Å². The Kier molecular flexibility index (Phi) is 6.70. The third-order valence-electron chi connectivity index (χ3n) is 1.23. The summed E-state index contributed by atoms with van der Waals surface area (Å²) < 4.78 is 9.83. The summed E-state index contributed by atoms with van der Waals surface area (Å²) in [4.78, 5) is 10.4. The average molecular weight is 176 g/mol. The van der Waals surface area contributed by atoms with Gasteiger partial charge < -0.3 is 14.6 Å². The smallest absolute Gasteiger partial charge is 0.302 e. The fourth-order valence-corrected chi connectivity index (χ4v) is 0.648. The van der Waals surface area contributed by atoms with Crippen molar-refractivity contribution in [1.82, 2.24) is 0 Å². The van der Waals surface area contributed by atoms with Crippen LogP contribution in [0.3, 0.4) is 0 Å². The van der Waals surface area contributed by atoms with Gasteiger partial charge in [0, 0.05) is 13.5 Å². The maximum Gasteiger partial charge on any atom is 0.302 e. The molecule has 0 aromatic rings. The Morgan fingerprint density at radius 2 is 2.25 bits per heavy atom. The fourth-order valence-electron chi connectivity index (χ4n) is 0.648. The lowest BCUT2D eigenvalue weighted by molar-refractivity contribution is -0.146. The van der Waals surface area contributed by atoms with Crippen molar-refractivity contribution < 1.29 is 19.4 Å². The quantitative estimate of drug-likeness (QED) is 0.593. The van der Waals surface area contributed by atoms with Crippen molar-refractivity contribution in [3.63, 3.8) is 0 Å². The van der Waals surface area contributed by atoms with E-state index in [0.29, 0.717) is 6.61 Å². The molecule has 0 radical (unpaired) electrons. The molecule has 0 heterocycles. The van der Waals surface area contributed by atoms with E-state index in [2.05, 4.69) is 4.74 Å². The molecule has 1 unspecified atom stereocenters. The minimum absolute atomic E-state index is 0.118. The minimum atomic E-state index is -0.381. The Morgan fingerprint density at radius 3 is 2.67 bits per heavy atom. The summed E-state index contributed by atoms with van der Waals surface area (Å²) in [6.45, 7) is 3.89. The zero-order valence-electron chi connectivity index (χ0n) is 7.58. The first-order valence-corrected chi connectivity index (χ1v) is 4.06. The number of carbonyl (C=O) groups is 1. The van der Waals surface area contributed by atoms with Crippen LogP contribution in [0.25, 0.3) is 0 Å². The molecule has 0 amide bonds. The molecular weight excluding hydrogens is 160 g/mol. The van der Waals surface area contributed by atoms with Crippen LogP contribution >= 0.6 is 0 Å². The van der Waals surface area contributed by atoms with Gasteiger partial charge in [-0.25, -0.2) is 0 Å². The third kappa shape index (κ3) is 6.12. The van der Waals surface area contributed by atoms with E-state index in [1.807, 2.05) is 6.92 Å². The molecule has 12 heavy (non-hydrogen) atoms. The molecule has 0 fully saturated rings. The van der Waals surface area contributed by atoms with Crippen molar-refractivity contribution in [3.05, 3.63) is 0 Å². The van der Waals surface area contributed by atoms with E-state index in [4.69, 9.17) is 9.84 Å². The number of hydrogen-bond donors (Lipinski definition) is 1. The number of aliphatic hydroxyl groups excluding tert-OH is 1. The van der Waals surface area contributed by atoms with Gasteiger partial charge in [0.2, 0.25) is 0 Å². The molecule has 72 valence electrons. The second-order valence-electron chi connectivity index (χ2n) is 2.48. The van der Waals surface area contributed by atoms with Crippen LogP contribution in [0.4, 0.5) is 0 Å². The Bertz CT molecular complexity index is 124. The molecule has 0 aromatic heterocycles. The van der Waals surface area contributed by atoms with E-state index >= 15 is 0 Å². The number of rotatable bonds is 6. The second-order valence-corrected chi connectivity index (χ2v) is 2.48. The first kappa shape index (κ1) is 11.4. The van der Waals surface area contributed by atoms with Crippen molar-refractivity contribution in [2.75, 3.05) is 19.8 Å². The summed E-state index contributed by atoms with van der Waals surface area (Å²) >= 11 is 0. The van der Waals surface area contributed by atoms with Gasteiger partial charge in [0.1, 0.15) is 12.7 Å². The van der Waals surface area contributed by atoms with Crippen LogP contribution in [-0.2, 0) is 14.3 Å². The van der Waals surface area contributed by atoms with Crippen LogP contribution in [0.2, 0.25) is 0 Å². The van der Waals surface area contributed by atoms with Gasteiger partial charge in [0.25, 0.3) is 0 Å². The lowest BCUT2D eigenvalue weighted by atomic mass is 10.4. The van der Waals surface area contributed by atoms with E-state index in [1.54, 1.807) is 0 Å². The first-order valence-electron chi connectivity index (χ1n) is 4.06. The molecule has 0 saturated heterocycles. The highest BCUT2D eigenvalue weighted by atomic mass is 16.6. The summed E-state index contributed by atoms with van der Waals surface area (Å²) in [5.41, 5.74) is 0. The molecule has 0 aromatic carbocycles. The van der Waals surface area contributed by atoms with Crippen molar-refractivity contribution >= 4 is 5.97 Å². The Labute approximate surface area is 72.5 Å². The van der Waals surface area contributed by atoms with Gasteiger partial charge in [-0.2, -0.15) is 0 Å². The van der Waals surface area contributed by atoms with Crippen molar-refractivity contribution in [2.24, 2.45) is 0 Å². The standard InChI is InChI=1S/C8H16O4/c1-3-4-11-8(5-9)6-12-7(2)10/h8-9H,3-6H2,1-2H3. The van der Waals surface area contributed by atoms with Crippen LogP contribution in [0.5, 0.6) is 0 Å². The Morgan fingerprint density at radius 1 is 1.58 bits per heavy atom. The number of carbonyl (C=O) groups excluding carboxylic acids is 1. The lowest BCUT2D eigenvalue weighted by Crippen LogP contribution is -2.25. The molecule has 1 N–H and O–H groups in total. The number of aliphatic hydroxyl groups is 1. The maximum absolute atomic E-state index is 10.4. The van der Waals surface area contributed by atoms with E-state index < -0.39 is 0 Å². The van der Waals surface area contributed by atoms with Gasteiger partial charge in [-0.3, -0.25) is 4.79 Å². The fraction of sp³-hybridized carbons (Fsp3) is 0.875. The number of esters is 1. The number of hydrogen-bond acceptors (Lipinski definition) is 4. The van der Waals surface area contributed by atoms with E-state index in [9.17, 15) is 4.79 Å². The van der Waals surface area contributed by atoms with Gasteiger partial charge in [0.15, 0.2) is 0 Å². The highest BCUT2D eigenvalue weighted by Gasteiger charge is 2.08. The van der Waals surface area contributed by atoms with E-state index in [1.165, 1.54) is 6.92 Å². The average Bonchev–Trinajstić information content (AvgIpc) is 2.05. The van der Waals surface area contributed by atoms with Crippen LogP contribution in [0.15, 0.2) is 0 Å². The van der Waals surface area contributed by atoms with Crippen LogP contribution in [0.1, 0.15) is 20.3 Å². The SMILES string of the molecule is CCCOC(CO)COC(C)=O. The molecule has 0 rings (SSSR count).